The van der Waals surface area contributed by atoms with Crippen molar-refractivity contribution in [1.29, 1.82) is 0 Å². The Morgan fingerprint density at radius 2 is 2.20 bits per heavy atom. The van der Waals surface area contributed by atoms with E-state index in [-0.39, 0.29) is 0 Å². The molecule has 6 nitrogen and oxygen atoms in total. The summed E-state index contributed by atoms with van der Waals surface area (Å²) in [5.74, 6) is 1.90. The summed E-state index contributed by atoms with van der Waals surface area (Å²) in [5.41, 5.74) is 8.89. The van der Waals surface area contributed by atoms with Crippen LogP contribution in [-0.4, -0.2) is 27.6 Å². The Morgan fingerprint density at radius 1 is 1.28 bits per heavy atom. The average molecular weight is 333 g/mol. The van der Waals surface area contributed by atoms with E-state index in [0.717, 1.165) is 53.0 Å². The minimum Gasteiger partial charge on any atom is -0.456 e. The number of anilines is 1. The van der Waals surface area contributed by atoms with Gasteiger partial charge in [0.15, 0.2) is 0 Å². The molecule has 0 saturated carbocycles. The monoisotopic (exact) mass is 333 g/mol. The molecule has 3 N–H and O–H groups in total. The zero-order valence-corrected chi connectivity index (χ0v) is 13.8. The van der Waals surface area contributed by atoms with Gasteiger partial charge >= 0.3 is 0 Å². The summed E-state index contributed by atoms with van der Waals surface area (Å²) in [4.78, 5) is 8.69. The summed E-state index contributed by atoms with van der Waals surface area (Å²) in [5, 5.41) is 5.36. The van der Waals surface area contributed by atoms with E-state index < -0.39 is 0 Å². The van der Waals surface area contributed by atoms with Gasteiger partial charge in [-0.3, -0.25) is 0 Å². The molecule has 5 rings (SSSR count). The topological polar surface area (TPSA) is 81.9 Å². The maximum atomic E-state index is 6.19. The van der Waals surface area contributed by atoms with Crippen molar-refractivity contribution >= 4 is 27.8 Å². The second-order valence-corrected chi connectivity index (χ2v) is 6.66. The molecule has 1 saturated heterocycles. The molecule has 6 heteroatoms. The molecule has 3 aromatic heterocycles. The third kappa shape index (κ3) is 2.37. The van der Waals surface area contributed by atoms with Crippen molar-refractivity contribution in [3.63, 3.8) is 0 Å². The Labute approximate surface area is 144 Å². The second-order valence-electron chi connectivity index (χ2n) is 6.66. The number of aromatic nitrogens is 3. The first kappa shape index (κ1) is 14.5. The molecule has 4 heterocycles. The van der Waals surface area contributed by atoms with Gasteiger partial charge in [-0.25, -0.2) is 9.97 Å². The van der Waals surface area contributed by atoms with Crippen LogP contribution in [0.4, 0.5) is 5.82 Å². The third-order valence-electron chi connectivity index (χ3n) is 4.99. The van der Waals surface area contributed by atoms with E-state index in [9.17, 15) is 0 Å². The molecule has 1 aromatic carbocycles. The first-order valence-electron chi connectivity index (χ1n) is 8.58. The Morgan fingerprint density at radius 3 is 3.04 bits per heavy atom. The Kier molecular flexibility index (Phi) is 3.24. The number of para-hydroxylation sites is 1. The van der Waals surface area contributed by atoms with Crippen molar-refractivity contribution in [2.24, 2.45) is 5.92 Å². The van der Waals surface area contributed by atoms with Gasteiger partial charge in [-0.05, 0) is 37.6 Å². The summed E-state index contributed by atoms with van der Waals surface area (Å²) >= 11 is 0. The van der Waals surface area contributed by atoms with Gasteiger partial charge in [-0.1, -0.05) is 18.2 Å². The maximum absolute atomic E-state index is 6.19. The minimum atomic E-state index is 0.490. The molecule has 25 heavy (non-hydrogen) atoms. The molecular formula is C19H19N5O. The minimum absolute atomic E-state index is 0.490. The van der Waals surface area contributed by atoms with Crippen molar-refractivity contribution < 1.29 is 4.42 Å². The molecule has 1 atom stereocenters. The van der Waals surface area contributed by atoms with Crippen molar-refractivity contribution in [1.82, 2.24) is 19.9 Å². The quantitative estimate of drug-likeness (QED) is 0.602. The predicted molar refractivity (Wildman–Crippen MR) is 98.1 cm³/mol. The summed E-state index contributed by atoms with van der Waals surface area (Å²) in [6, 6.07) is 10.1. The van der Waals surface area contributed by atoms with Crippen LogP contribution in [0.15, 0.2) is 47.3 Å². The van der Waals surface area contributed by atoms with Crippen LogP contribution in [-0.2, 0) is 6.54 Å². The van der Waals surface area contributed by atoms with Crippen molar-refractivity contribution in [3.8, 4) is 11.3 Å². The number of nitrogens with one attached hydrogen (secondary N) is 1. The molecule has 0 bridgehead atoms. The van der Waals surface area contributed by atoms with Gasteiger partial charge in [0.1, 0.15) is 29.1 Å². The van der Waals surface area contributed by atoms with E-state index in [1.165, 1.54) is 12.7 Å². The van der Waals surface area contributed by atoms with Gasteiger partial charge in [-0.2, -0.15) is 0 Å². The number of hydrogen-bond donors (Lipinski definition) is 2. The molecular weight excluding hydrogens is 314 g/mol. The number of furan rings is 1. The lowest BCUT2D eigenvalue weighted by molar-refractivity contribution is 0.489. The van der Waals surface area contributed by atoms with Crippen LogP contribution < -0.4 is 11.1 Å². The highest BCUT2D eigenvalue weighted by Gasteiger charge is 2.21. The fraction of sp³-hybridized carbons (Fsp3) is 0.263. The van der Waals surface area contributed by atoms with Gasteiger partial charge in [0.2, 0.25) is 0 Å². The van der Waals surface area contributed by atoms with Crippen molar-refractivity contribution in [2.45, 2.75) is 13.0 Å². The summed E-state index contributed by atoms with van der Waals surface area (Å²) < 4.78 is 8.25. The van der Waals surface area contributed by atoms with Crippen LogP contribution in [0.1, 0.15) is 6.42 Å². The Hall–Kier alpha value is -2.86. The lowest BCUT2D eigenvalue weighted by atomic mass is 10.1. The first-order chi connectivity index (χ1) is 12.3. The average Bonchev–Trinajstić information content (AvgIpc) is 3.34. The molecule has 4 aromatic rings. The van der Waals surface area contributed by atoms with E-state index >= 15 is 0 Å². The van der Waals surface area contributed by atoms with Crippen LogP contribution in [0.25, 0.3) is 33.3 Å². The van der Waals surface area contributed by atoms with E-state index in [2.05, 4.69) is 32.1 Å². The molecule has 1 aliphatic heterocycles. The molecule has 126 valence electrons. The van der Waals surface area contributed by atoms with E-state index in [1.54, 1.807) is 0 Å². The van der Waals surface area contributed by atoms with Crippen LogP contribution in [0.5, 0.6) is 0 Å². The number of benzene rings is 1. The van der Waals surface area contributed by atoms with Gasteiger partial charge in [0, 0.05) is 23.7 Å². The van der Waals surface area contributed by atoms with E-state index in [0.29, 0.717) is 11.7 Å². The molecule has 0 spiro atoms. The lowest BCUT2D eigenvalue weighted by Crippen LogP contribution is -2.14. The van der Waals surface area contributed by atoms with Gasteiger partial charge in [0.05, 0.1) is 5.39 Å². The number of nitrogens with zero attached hydrogens (tertiary/aromatic N) is 3. The normalized spacial score (nSPS) is 17.7. The zero-order chi connectivity index (χ0) is 16.8. The number of fused-ring (bicyclic) bond motifs is 2. The molecule has 0 aliphatic carbocycles. The van der Waals surface area contributed by atoms with Crippen LogP contribution in [0.3, 0.4) is 0 Å². The highest BCUT2D eigenvalue weighted by atomic mass is 16.3. The summed E-state index contributed by atoms with van der Waals surface area (Å²) in [7, 11) is 0. The maximum Gasteiger partial charge on any atom is 0.146 e. The summed E-state index contributed by atoms with van der Waals surface area (Å²) in [6.45, 7) is 3.04. The molecule has 1 aliphatic rings. The number of hydrogen-bond acceptors (Lipinski definition) is 5. The van der Waals surface area contributed by atoms with Gasteiger partial charge < -0.3 is 20.0 Å². The van der Waals surface area contributed by atoms with Crippen LogP contribution in [0.2, 0.25) is 0 Å². The van der Waals surface area contributed by atoms with Crippen LogP contribution >= 0.6 is 0 Å². The number of rotatable bonds is 3. The zero-order valence-electron chi connectivity index (χ0n) is 13.8. The largest absolute Gasteiger partial charge is 0.456 e. The van der Waals surface area contributed by atoms with Gasteiger partial charge in [-0.15, -0.1) is 0 Å². The Bertz CT molecular complexity index is 1030. The molecule has 0 amide bonds. The lowest BCUT2D eigenvalue weighted by Gasteiger charge is -2.10. The van der Waals surface area contributed by atoms with Gasteiger partial charge in [0.25, 0.3) is 0 Å². The van der Waals surface area contributed by atoms with E-state index in [1.807, 2.05) is 24.3 Å². The standard InChI is InChI=1S/C19H19N5O/c20-18-17-14(16-7-13-3-1-2-4-15(13)25-16)10-24(19(17)23-11-22-18)9-12-5-6-21-8-12/h1-4,7,10-12,21H,5-6,8-9H2,(H2,20,22,23)/t12-/m1/s1. The predicted octanol–water partition coefficient (Wildman–Crippen LogP) is 3.04. The SMILES string of the molecule is Nc1ncnc2c1c(-c1cc3ccccc3o1)cn2C[C@@H]1CCNC1. The number of nitrogen functional groups attached to an aromatic ring is 1. The fourth-order valence-corrected chi connectivity index (χ4v) is 3.74. The summed E-state index contributed by atoms with van der Waals surface area (Å²) in [6.07, 6.45) is 4.81. The molecule has 1 fully saturated rings. The fourth-order valence-electron chi connectivity index (χ4n) is 3.74. The molecule has 0 unspecified atom stereocenters. The third-order valence-corrected chi connectivity index (χ3v) is 4.99. The van der Waals surface area contributed by atoms with Crippen molar-refractivity contribution in [3.05, 3.63) is 42.9 Å². The smallest absolute Gasteiger partial charge is 0.146 e. The first-order valence-corrected chi connectivity index (χ1v) is 8.58. The van der Waals surface area contributed by atoms with Crippen LogP contribution in [0, 0.1) is 5.92 Å². The Balaban J connectivity index is 1.68. The van der Waals surface area contributed by atoms with E-state index in [4.69, 9.17) is 10.2 Å². The number of nitrogens with two attached hydrogens (primary N) is 1. The second kappa shape index (κ2) is 5.60. The van der Waals surface area contributed by atoms with Crippen molar-refractivity contribution in [2.75, 3.05) is 18.8 Å². The molecule has 0 radical (unpaired) electrons. The highest BCUT2D eigenvalue weighted by Crippen LogP contribution is 2.36. The highest BCUT2D eigenvalue weighted by molar-refractivity contribution is 6.01.